The fourth-order valence-corrected chi connectivity index (χ4v) is 3.42. The number of aryl methyl sites for hydroxylation is 1. The van der Waals surface area contributed by atoms with Gasteiger partial charge >= 0.3 is 0 Å². The summed E-state index contributed by atoms with van der Waals surface area (Å²) in [5.41, 5.74) is 9.37. The summed E-state index contributed by atoms with van der Waals surface area (Å²) in [5.74, 6) is 0.948. The maximum Gasteiger partial charge on any atom is 0.258 e. The third-order valence-corrected chi connectivity index (χ3v) is 5.20. The van der Waals surface area contributed by atoms with Crippen molar-refractivity contribution in [3.63, 3.8) is 0 Å². The molecule has 5 nitrogen and oxygen atoms in total. The lowest BCUT2D eigenvalue weighted by Crippen LogP contribution is -2.17. The van der Waals surface area contributed by atoms with Crippen LogP contribution in [0, 0.1) is 6.92 Å². The van der Waals surface area contributed by atoms with Gasteiger partial charge in [-0.1, -0.05) is 24.1 Å². The first-order chi connectivity index (χ1) is 13.4. The van der Waals surface area contributed by atoms with Crippen LogP contribution in [0.1, 0.15) is 66.6 Å². The molecule has 1 unspecified atom stereocenters. The average Bonchev–Trinajstić information content (AvgIpc) is 3.48. The topological polar surface area (TPSA) is 80.0 Å². The number of hydrogen-bond donors (Lipinski definition) is 3. The van der Waals surface area contributed by atoms with Crippen molar-refractivity contribution >= 4 is 29.0 Å². The van der Waals surface area contributed by atoms with Crippen LogP contribution in [0.2, 0.25) is 5.02 Å². The molecule has 1 atom stereocenters. The van der Waals surface area contributed by atoms with E-state index < -0.39 is 0 Å². The Hall–Kier alpha value is -2.11. The Morgan fingerprint density at radius 2 is 2.07 bits per heavy atom. The summed E-state index contributed by atoms with van der Waals surface area (Å²) >= 11 is 6.14. The first kappa shape index (κ1) is 20.6. The lowest BCUT2D eigenvalue weighted by Gasteiger charge is -2.14. The van der Waals surface area contributed by atoms with Gasteiger partial charge in [0.2, 0.25) is 0 Å². The summed E-state index contributed by atoms with van der Waals surface area (Å²) in [6, 6.07) is 9.37. The Morgan fingerprint density at radius 1 is 1.29 bits per heavy atom. The normalized spacial score (nSPS) is 14.6. The van der Waals surface area contributed by atoms with Gasteiger partial charge in [-0.15, -0.1) is 0 Å². The highest BCUT2D eigenvalue weighted by atomic mass is 35.5. The van der Waals surface area contributed by atoms with Gasteiger partial charge in [0.1, 0.15) is 5.82 Å². The zero-order valence-electron chi connectivity index (χ0n) is 16.6. The molecule has 1 aliphatic rings. The number of hydrogen-bond acceptors (Lipinski definition) is 4. The molecule has 4 N–H and O–H groups in total. The van der Waals surface area contributed by atoms with Gasteiger partial charge in [-0.2, -0.15) is 0 Å². The van der Waals surface area contributed by atoms with E-state index in [9.17, 15) is 4.79 Å². The zero-order valence-corrected chi connectivity index (χ0v) is 17.4. The molecular weight excluding hydrogens is 372 g/mol. The number of unbranched alkanes of at least 4 members (excludes halogenated alkanes) is 1. The van der Waals surface area contributed by atoms with Gasteiger partial charge < -0.3 is 16.4 Å². The molecular formula is C22H29ClN4O. The Balaban J connectivity index is 1.66. The van der Waals surface area contributed by atoms with Crippen molar-refractivity contribution in [3.8, 4) is 0 Å². The molecule has 0 spiro atoms. The Labute approximate surface area is 172 Å². The molecule has 150 valence electrons. The Bertz CT molecular complexity index is 833. The third kappa shape index (κ3) is 5.69. The molecule has 1 amide bonds. The zero-order chi connectivity index (χ0) is 20.1. The van der Waals surface area contributed by atoms with Crippen LogP contribution in [0.25, 0.3) is 0 Å². The summed E-state index contributed by atoms with van der Waals surface area (Å²) in [6.45, 7) is 4.85. The van der Waals surface area contributed by atoms with E-state index in [1.807, 2.05) is 19.1 Å². The number of aromatic nitrogens is 1. The highest BCUT2D eigenvalue weighted by molar-refractivity contribution is 6.31. The van der Waals surface area contributed by atoms with E-state index in [1.165, 1.54) is 18.4 Å². The predicted octanol–water partition coefficient (Wildman–Crippen LogP) is 5.10. The van der Waals surface area contributed by atoms with Gasteiger partial charge in [-0.25, -0.2) is 4.98 Å². The number of nitrogens with one attached hydrogen (secondary N) is 2. The third-order valence-electron chi connectivity index (χ3n) is 4.97. The largest absolute Gasteiger partial charge is 0.384 e. The fraction of sp³-hybridized carbons (Fsp3) is 0.455. The van der Waals surface area contributed by atoms with Crippen molar-refractivity contribution in [2.75, 3.05) is 17.2 Å². The van der Waals surface area contributed by atoms with Crippen molar-refractivity contribution in [2.45, 2.75) is 57.9 Å². The first-order valence-corrected chi connectivity index (χ1v) is 10.4. The van der Waals surface area contributed by atoms with Crippen molar-refractivity contribution in [3.05, 3.63) is 52.2 Å². The second-order valence-corrected chi connectivity index (χ2v) is 8.15. The fourth-order valence-electron chi connectivity index (χ4n) is 3.24. The van der Waals surface area contributed by atoms with E-state index in [4.69, 9.17) is 17.3 Å². The summed E-state index contributed by atoms with van der Waals surface area (Å²) in [7, 11) is 0. The van der Waals surface area contributed by atoms with Crippen LogP contribution in [0.3, 0.4) is 0 Å². The van der Waals surface area contributed by atoms with Crippen molar-refractivity contribution in [2.24, 2.45) is 5.73 Å². The lowest BCUT2D eigenvalue weighted by molar-refractivity contribution is 0.102. The molecule has 1 aliphatic carbocycles. The Kier molecular flexibility index (Phi) is 6.92. The maximum atomic E-state index is 12.9. The van der Waals surface area contributed by atoms with Gasteiger partial charge in [-0.3, -0.25) is 4.79 Å². The van der Waals surface area contributed by atoms with Crippen LogP contribution in [-0.2, 0) is 0 Å². The maximum absolute atomic E-state index is 12.9. The number of anilines is 2. The minimum atomic E-state index is -0.187. The molecule has 28 heavy (non-hydrogen) atoms. The minimum Gasteiger partial charge on any atom is -0.384 e. The molecule has 0 bridgehead atoms. The van der Waals surface area contributed by atoms with E-state index in [2.05, 4.69) is 22.5 Å². The second-order valence-electron chi connectivity index (χ2n) is 7.72. The van der Waals surface area contributed by atoms with E-state index in [1.54, 1.807) is 18.2 Å². The van der Waals surface area contributed by atoms with Crippen molar-refractivity contribution < 1.29 is 4.79 Å². The average molecular weight is 401 g/mol. The van der Waals surface area contributed by atoms with E-state index >= 15 is 0 Å². The SMILES string of the molecule is Cc1ccc(NC(=O)c2ccc(Cl)cc2NCCCCC(C)N)nc1C1CC1. The van der Waals surface area contributed by atoms with Gasteiger partial charge in [0, 0.05) is 34.9 Å². The van der Waals surface area contributed by atoms with Crippen LogP contribution < -0.4 is 16.4 Å². The summed E-state index contributed by atoms with van der Waals surface area (Å²) in [5, 5.41) is 6.87. The van der Waals surface area contributed by atoms with Gasteiger partial charge in [0.25, 0.3) is 5.91 Å². The number of carbonyl (C=O) groups is 1. The number of carbonyl (C=O) groups excluding carboxylic acids is 1. The van der Waals surface area contributed by atoms with Crippen molar-refractivity contribution in [1.29, 1.82) is 0 Å². The van der Waals surface area contributed by atoms with E-state index in [0.29, 0.717) is 22.3 Å². The van der Waals surface area contributed by atoms with Crippen LogP contribution >= 0.6 is 11.6 Å². The Morgan fingerprint density at radius 3 is 2.79 bits per heavy atom. The van der Waals surface area contributed by atoms with Crippen LogP contribution in [0.15, 0.2) is 30.3 Å². The number of pyridine rings is 1. The molecule has 3 rings (SSSR count). The van der Waals surface area contributed by atoms with Gasteiger partial charge in [0.05, 0.1) is 5.56 Å². The minimum absolute atomic E-state index is 0.187. The summed E-state index contributed by atoms with van der Waals surface area (Å²) in [4.78, 5) is 17.5. The number of amides is 1. The van der Waals surface area contributed by atoms with Crippen molar-refractivity contribution in [1.82, 2.24) is 4.98 Å². The van der Waals surface area contributed by atoms with E-state index in [-0.39, 0.29) is 11.9 Å². The summed E-state index contributed by atoms with van der Waals surface area (Å²) in [6.07, 6.45) is 5.38. The van der Waals surface area contributed by atoms with Crippen LogP contribution in [0.4, 0.5) is 11.5 Å². The predicted molar refractivity (Wildman–Crippen MR) is 116 cm³/mol. The molecule has 1 fully saturated rings. The smallest absolute Gasteiger partial charge is 0.258 e. The molecule has 1 saturated carbocycles. The quantitative estimate of drug-likeness (QED) is 0.511. The number of nitrogens with two attached hydrogens (primary N) is 1. The van der Waals surface area contributed by atoms with E-state index in [0.717, 1.165) is 37.2 Å². The molecule has 1 aromatic heterocycles. The molecule has 2 aromatic rings. The van der Waals surface area contributed by atoms with Crippen LogP contribution in [-0.4, -0.2) is 23.5 Å². The highest BCUT2D eigenvalue weighted by Crippen LogP contribution is 2.40. The van der Waals surface area contributed by atoms with Gasteiger partial charge in [0.15, 0.2) is 0 Å². The molecule has 6 heteroatoms. The second kappa shape index (κ2) is 9.39. The van der Waals surface area contributed by atoms with Crippen LogP contribution in [0.5, 0.6) is 0 Å². The highest BCUT2D eigenvalue weighted by Gasteiger charge is 2.27. The van der Waals surface area contributed by atoms with Gasteiger partial charge in [-0.05, 0) is 69.4 Å². The molecule has 1 heterocycles. The molecule has 1 aromatic carbocycles. The summed E-state index contributed by atoms with van der Waals surface area (Å²) < 4.78 is 0. The molecule has 0 radical (unpaired) electrons. The standard InChI is InChI=1S/C22H29ClN4O/c1-14-6-11-20(26-21(14)16-7-8-16)27-22(28)18-10-9-17(23)13-19(18)25-12-4-3-5-15(2)24/h6,9-11,13,15-16,25H,3-5,7-8,12,24H2,1-2H3,(H,26,27,28). The lowest BCUT2D eigenvalue weighted by atomic mass is 10.1. The number of halogens is 1. The number of nitrogens with zero attached hydrogens (tertiary/aromatic N) is 1. The number of rotatable bonds is 9. The molecule has 0 saturated heterocycles. The monoisotopic (exact) mass is 400 g/mol. The number of benzene rings is 1. The first-order valence-electron chi connectivity index (χ1n) is 10.0. The molecule has 0 aliphatic heterocycles.